The van der Waals surface area contributed by atoms with Crippen LogP contribution < -0.4 is 0 Å². The highest BCUT2D eigenvalue weighted by atomic mass is 79.9. The number of aliphatic hydroxyl groups excluding tert-OH is 1. The molecule has 7 heteroatoms. The summed E-state index contributed by atoms with van der Waals surface area (Å²) in [6.45, 7) is 1.45. The van der Waals surface area contributed by atoms with Crippen molar-refractivity contribution in [3.63, 3.8) is 0 Å². The molecule has 104 valence electrons. The first kappa shape index (κ1) is 14.6. The molecule has 1 atom stereocenters. The molecule has 2 heterocycles. The molecule has 2 rings (SSSR count). The van der Waals surface area contributed by atoms with Crippen molar-refractivity contribution in [3.05, 3.63) is 39.5 Å². The van der Waals surface area contributed by atoms with Crippen molar-refractivity contribution >= 4 is 27.5 Å². The molecule has 0 spiro atoms. The van der Waals surface area contributed by atoms with Gasteiger partial charge < -0.3 is 14.4 Å². The Kier molecular flexibility index (Phi) is 4.67. The average molecular weight is 349 g/mol. The van der Waals surface area contributed by atoms with Gasteiger partial charge in [0.15, 0.2) is 10.8 Å². The molecule has 0 aliphatic carbocycles. The highest BCUT2D eigenvalue weighted by molar-refractivity contribution is 9.10. The average Bonchev–Trinajstić information content (AvgIpc) is 2.92. The van der Waals surface area contributed by atoms with Crippen LogP contribution >= 0.6 is 27.5 Å². The summed E-state index contributed by atoms with van der Waals surface area (Å²) in [5.41, 5.74) is 0.547. The van der Waals surface area contributed by atoms with E-state index in [1.807, 2.05) is 19.0 Å². The van der Waals surface area contributed by atoms with Crippen LogP contribution in [0.4, 0.5) is 0 Å². The van der Waals surface area contributed by atoms with Crippen molar-refractivity contribution in [2.75, 3.05) is 20.6 Å². The van der Waals surface area contributed by atoms with Crippen LogP contribution in [-0.2, 0) is 6.54 Å². The molecule has 2 aromatic rings. The van der Waals surface area contributed by atoms with E-state index >= 15 is 0 Å². The maximum absolute atomic E-state index is 10.3. The molecule has 0 aliphatic heterocycles. The summed E-state index contributed by atoms with van der Waals surface area (Å²) in [5, 5.41) is 15.0. The van der Waals surface area contributed by atoms with Gasteiger partial charge in [-0.2, -0.15) is 5.10 Å². The van der Waals surface area contributed by atoms with Crippen molar-refractivity contribution in [2.45, 2.75) is 12.6 Å². The molecule has 5 nitrogen and oxygen atoms in total. The lowest BCUT2D eigenvalue weighted by Crippen LogP contribution is -2.21. The number of hydrogen-bond donors (Lipinski definition) is 1. The summed E-state index contributed by atoms with van der Waals surface area (Å²) >= 11 is 9.31. The van der Waals surface area contributed by atoms with Gasteiger partial charge >= 0.3 is 0 Å². The topological polar surface area (TPSA) is 54.4 Å². The highest BCUT2D eigenvalue weighted by Crippen LogP contribution is 2.30. The van der Waals surface area contributed by atoms with E-state index in [9.17, 15) is 5.11 Å². The van der Waals surface area contributed by atoms with Crippen molar-refractivity contribution in [1.29, 1.82) is 0 Å². The van der Waals surface area contributed by atoms with Gasteiger partial charge in [0.1, 0.15) is 5.76 Å². The summed E-state index contributed by atoms with van der Waals surface area (Å²) in [6, 6.07) is 3.43. The van der Waals surface area contributed by atoms with E-state index in [4.69, 9.17) is 16.0 Å². The van der Waals surface area contributed by atoms with Crippen LogP contribution in [0.5, 0.6) is 0 Å². The van der Waals surface area contributed by atoms with Crippen molar-refractivity contribution in [1.82, 2.24) is 14.7 Å². The first-order valence-corrected chi connectivity index (χ1v) is 6.95. The second-order valence-electron chi connectivity index (χ2n) is 4.45. The van der Waals surface area contributed by atoms with Gasteiger partial charge in [0.2, 0.25) is 0 Å². The molecule has 0 bridgehead atoms. The Hall–Kier alpha value is -0.820. The third kappa shape index (κ3) is 3.39. The van der Waals surface area contributed by atoms with E-state index in [1.165, 1.54) is 6.20 Å². The predicted molar refractivity (Wildman–Crippen MR) is 76.3 cm³/mol. The summed E-state index contributed by atoms with van der Waals surface area (Å²) in [7, 11) is 3.95. The molecule has 0 aromatic carbocycles. The number of nitrogens with zero attached hydrogens (tertiary/aromatic N) is 3. The zero-order chi connectivity index (χ0) is 14.0. The number of aromatic nitrogens is 2. The molecule has 0 aliphatic rings. The fraction of sp³-hybridized carbons (Fsp3) is 0.417. The first-order valence-electron chi connectivity index (χ1n) is 5.78. The zero-order valence-corrected chi connectivity index (χ0v) is 13.0. The third-order valence-electron chi connectivity index (χ3n) is 2.71. The predicted octanol–water partition coefficient (Wildman–Crippen LogP) is 2.54. The molecule has 0 saturated carbocycles. The number of rotatable bonds is 5. The first-order chi connectivity index (χ1) is 8.99. The highest BCUT2D eigenvalue weighted by Gasteiger charge is 2.22. The van der Waals surface area contributed by atoms with Gasteiger partial charge in [0.05, 0.1) is 23.5 Å². The van der Waals surface area contributed by atoms with Crippen LogP contribution in [0, 0.1) is 0 Å². The molecule has 0 radical (unpaired) electrons. The normalized spacial score (nSPS) is 13.2. The third-order valence-corrected chi connectivity index (χ3v) is 3.43. The van der Waals surface area contributed by atoms with Gasteiger partial charge in [-0.05, 0) is 42.2 Å². The van der Waals surface area contributed by atoms with Crippen LogP contribution in [0.3, 0.4) is 0 Å². The summed E-state index contributed by atoms with van der Waals surface area (Å²) < 4.78 is 7.63. The smallest absolute Gasteiger partial charge is 0.169 e. The van der Waals surface area contributed by atoms with E-state index in [1.54, 1.807) is 16.8 Å². The molecular weight excluding hydrogens is 334 g/mol. The fourth-order valence-electron chi connectivity index (χ4n) is 1.73. The van der Waals surface area contributed by atoms with Gasteiger partial charge in [-0.1, -0.05) is 11.6 Å². The second kappa shape index (κ2) is 6.09. The molecule has 2 aromatic heterocycles. The minimum atomic E-state index is -0.927. The van der Waals surface area contributed by atoms with Crippen LogP contribution in [0.25, 0.3) is 0 Å². The molecule has 1 unspecified atom stereocenters. The van der Waals surface area contributed by atoms with Gasteiger partial charge in [-0.25, -0.2) is 0 Å². The van der Waals surface area contributed by atoms with Crippen molar-refractivity contribution in [2.24, 2.45) is 0 Å². The number of hydrogen-bond acceptors (Lipinski definition) is 4. The fourth-order valence-corrected chi connectivity index (χ4v) is 2.29. The molecule has 0 saturated heterocycles. The van der Waals surface area contributed by atoms with Crippen LogP contribution in [-0.4, -0.2) is 40.4 Å². The molecule has 0 fully saturated rings. The molecule has 19 heavy (non-hydrogen) atoms. The quantitative estimate of drug-likeness (QED) is 0.902. The Labute approximate surface area is 124 Å². The molecule has 0 amide bonds. The minimum absolute atomic E-state index is 0.429. The van der Waals surface area contributed by atoms with Crippen molar-refractivity contribution in [3.8, 4) is 0 Å². The monoisotopic (exact) mass is 347 g/mol. The maximum Gasteiger partial charge on any atom is 0.169 e. The van der Waals surface area contributed by atoms with Gasteiger partial charge in [-0.3, -0.25) is 4.68 Å². The maximum atomic E-state index is 10.3. The summed E-state index contributed by atoms with van der Waals surface area (Å²) in [4.78, 5) is 2.04. The number of halogens is 2. The largest absolute Gasteiger partial charge is 0.451 e. The summed E-state index contributed by atoms with van der Waals surface area (Å²) in [6.07, 6.45) is 0.608. The van der Waals surface area contributed by atoms with Crippen LogP contribution in [0.1, 0.15) is 17.6 Å². The standard InChI is InChI=1S/C12H15BrClN3O2/c1-16(2)5-6-17-11(8(14)7-15-17)12(18)9-3-4-10(13)19-9/h3-4,7,12,18H,5-6H2,1-2H3. The Morgan fingerprint density at radius 1 is 1.53 bits per heavy atom. The van der Waals surface area contributed by atoms with Crippen LogP contribution in [0.15, 0.2) is 27.4 Å². The Balaban J connectivity index is 2.25. The number of aliphatic hydroxyl groups is 1. The Bertz CT molecular complexity index is 553. The Morgan fingerprint density at radius 3 is 2.84 bits per heavy atom. The van der Waals surface area contributed by atoms with Gasteiger partial charge in [-0.15, -0.1) is 0 Å². The van der Waals surface area contributed by atoms with E-state index in [2.05, 4.69) is 21.0 Å². The van der Waals surface area contributed by atoms with E-state index in [0.717, 1.165) is 6.54 Å². The van der Waals surface area contributed by atoms with E-state index in [-0.39, 0.29) is 0 Å². The summed E-state index contributed by atoms with van der Waals surface area (Å²) in [5.74, 6) is 0.431. The van der Waals surface area contributed by atoms with Gasteiger partial charge in [0.25, 0.3) is 0 Å². The number of likely N-dealkylation sites (N-methyl/N-ethyl adjacent to an activating group) is 1. The zero-order valence-electron chi connectivity index (χ0n) is 10.7. The Morgan fingerprint density at radius 2 is 2.26 bits per heavy atom. The SMILES string of the molecule is CN(C)CCn1ncc(Cl)c1C(O)c1ccc(Br)o1. The van der Waals surface area contributed by atoms with Gasteiger partial charge in [0, 0.05) is 6.54 Å². The second-order valence-corrected chi connectivity index (χ2v) is 5.64. The molecule has 1 N–H and O–H groups in total. The van der Waals surface area contributed by atoms with Crippen LogP contribution in [0.2, 0.25) is 5.02 Å². The lowest BCUT2D eigenvalue weighted by atomic mass is 10.2. The molecular formula is C12H15BrClN3O2. The van der Waals surface area contributed by atoms with Crippen molar-refractivity contribution < 1.29 is 9.52 Å². The van der Waals surface area contributed by atoms with E-state index in [0.29, 0.717) is 27.7 Å². The minimum Gasteiger partial charge on any atom is -0.451 e. The lowest BCUT2D eigenvalue weighted by Gasteiger charge is -2.14. The van der Waals surface area contributed by atoms with E-state index < -0.39 is 6.10 Å². The number of furan rings is 1. The lowest BCUT2D eigenvalue weighted by molar-refractivity contribution is 0.175.